The molecule has 0 spiro atoms. The lowest BCUT2D eigenvalue weighted by Crippen LogP contribution is -2.03. The van der Waals surface area contributed by atoms with Gasteiger partial charge >= 0.3 is 0 Å². The molecular formula is C19H26N2O4S. The Bertz CT molecular complexity index is 858. The molecule has 0 bridgehead atoms. The zero-order valence-electron chi connectivity index (χ0n) is 15.8. The number of nitrogens with zero attached hydrogens (tertiary/aromatic N) is 2. The lowest BCUT2D eigenvalue weighted by molar-refractivity contribution is 0.319. The van der Waals surface area contributed by atoms with E-state index in [0.29, 0.717) is 11.6 Å². The molecule has 2 N–H and O–H groups in total. The second kappa shape index (κ2) is 9.45. The molecule has 7 heteroatoms. The number of pyridine rings is 1. The molecule has 0 aliphatic rings. The molecule has 26 heavy (non-hydrogen) atoms. The van der Waals surface area contributed by atoms with Crippen LogP contribution in [0.3, 0.4) is 0 Å². The molecule has 0 aliphatic carbocycles. The maximum Gasteiger partial charge on any atom is 0.294 e. The van der Waals surface area contributed by atoms with Gasteiger partial charge in [-0.05, 0) is 57.4 Å². The van der Waals surface area contributed by atoms with Crippen molar-refractivity contribution in [3.8, 4) is 0 Å². The van der Waals surface area contributed by atoms with Crippen LogP contribution in [0.25, 0.3) is 0 Å². The average molecular weight is 378 g/mol. The largest absolute Gasteiger partial charge is 0.411 e. The van der Waals surface area contributed by atoms with Crippen LogP contribution in [-0.4, -0.2) is 28.9 Å². The minimum atomic E-state index is -4.02. The normalized spacial score (nSPS) is 11.9. The van der Waals surface area contributed by atoms with E-state index in [1.165, 1.54) is 12.1 Å². The van der Waals surface area contributed by atoms with Crippen molar-refractivity contribution in [2.45, 2.75) is 45.9 Å². The Morgan fingerprint density at radius 1 is 1.15 bits per heavy atom. The van der Waals surface area contributed by atoms with Gasteiger partial charge in [-0.1, -0.05) is 36.7 Å². The third kappa shape index (κ3) is 7.33. The fourth-order valence-electron chi connectivity index (χ4n) is 2.24. The van der Waals surface area contributed by atoms with Gasteiger partial charge in [0, 0.05) is 17.0 Å². The number of aromatic nitrogens is 1. The number of oxime groups is 1. The first-order chi connectivity index (χ1) is 12.0. The molecule has 2 rings (SSSR count). The van der Waals surface area contributed by atoms with Gasteiger partial charge in [-0.2, -0.15) is 8.42 Å². The lowest BCUT2D eigenvalue weighted by atomic mass is 10.0. The molecule has 0 atom stereocenters. The van der Waals surface area contributed by atoms with E-state index in [9.17, 15) is 8.42 Å². The van der Waals surface area contributed by atoms with Crippen LogP contribution in [0.4, 0.5) is 0 Å². The highest BCUT2D eigenvalue weighted by atomic mass is 32.2. The standard InChI is InChI=1S/C12H18N2O.C7H8O3S/c1-8(2)5-12-7-11(10(4)14-15)6-9(3)13-12;1-6-2-4-7(5-3-6)11(8,9)10/h6-8,15H,5H2,1-4H3;2-5H,1H3,(H,8,9,10). The summed E-state index contributed by atoms with van der Waals surface area (Å²) in [7, 11) is -4.02. The van der Waals surface area contributed by atoms with E-state index in [0.717, 1.165) is 28.9 Å². The fraction of sp³-hybridized carbons (Fsp3) is 0.368. The minimum Gasteiger partial charge on any atom is -0.411 e. The van der Waals surface area contributed by atoms with Gasteiger partial charge < -0.3 is 5.21 Å². The zero-order valence-corrected chi connectivity index (χ0v) is 16.6. The quantitative estimate of drug-likeness (QED) is 0.362. The van der Waals surface area contributed by atoms with Gasteiger partial charge in [-0.3, -0.25) is 9.54 Å². The third-order valence-corrected chi connectivity index (χ3v) is 4.38. The number of benzene rings is 1. The van der Waals surface area contributed by atoms with Crippen molar-refractivity contribution >= 4 is 15.8 Å². The fourth-order valence-corrected chi connectivity index (χ4v) is 2.72. The first-order valence-electron chi connectivity index (χ1n) is 8.23. The van der Waals surface area contributed by atoms with Gasteiger partial charge in [-0.25, -0.2) is 0 Å². The molecule has 0 saturated heterocycles. The van der Waals surface area contributed by atoms with Crippen LogP contribution in [0.2, 0.25) is 0 Å². The van der Waals surface area contributed by atoms with Crippen molar-refractivity contribution in [3.63, 3.8) is 0 Å². The minimum absolute atomic E-state index is 0.0666. The maximum absolute atomic E-state index is 10.5. The van der Waals surface area contributed by atoms with Gasteiger partial charge in [-0.15, -0.1) is 0 Å². The van der Waals surface area contributed by atoms with E-state index >= 15 is 0 Å². The summed E-state index contributed by atoms with van der Waals surface area (Å²) in [5.41, 5.74) is 4.55. The first kappa shape index (κ1) is 21.8. The Balaban J connectivity index is 0.000000273. The van der Waals surface area contributed by atoms with Crippen molar-refractivity contribution in [1.82, 2.24) is 4.98 Å². The van der Waals surface area contributed by atoms with Crippen molar-refractivity contribution in [2.24, 2.45) is 11.1 Å². The molecule has 0 aliphatic heterocycles. The molecule has 0 saturated carbocycles. The summed E-state index contributed by atoms with van der Waals surface area (Å²) in [6.45, 7) is 9.91. The van der Waals surface area contributed by atoms with Crippen molar-refractivity contribution in [1.29, 1.82) is 0 Å². The molecule has 1 aromatic carbocycles. The summed E-state index contributed by atoms with van der Waals surface area (Å²) >= 11 is 0. The van der Waals surface area contributed by atoms with E-state index in [1.807, 2.05) is 26.0 Å². The van der Waals surface area contributed by atoms with E-state index in [1.54, 1.807) is 19.1 Å². The summed E-state index contributed by atoms with van der Waals surface area (Å²) in [5, 5.41) is 11.9. The highest BCUT2D eigenvalue weighted by Gasteiger charge is 2.07. The van der Waals surface area contributed by atoms with E-state index in [2.05, 4.69) is 24.0 Å². The van der Waals surface area contributed by atoms with Crippen molar-refractivity contribution in [3.05, 3.63) is 58.9 Å². The SMILES string of the molecule is CC(=NO)c1cc(C)nc(CC(C)C)c1.Cc1ccc(S(=O)(=O)O)cc1. The molecule has 2 aromatic rings. The van der Waals surface area contributed by atoms with Gasteiger partial charge in [0.1, 0.15) is 0 Å². The van der Waals surface area contributed by atoms with Crippen LogP contribution in [0, 0.1) is 19.8 Å². The molecule has 0 fully saturated rings. The average Bonchev–Trinajstić information content (AvgIpc) is 2.53. The highest BCUT2D eigenvalue weighted by Crippen LogP contribution is 2.11. The lowest BCUT2D eigenvalue weighted by Gasteiger charge is -2.07. The van der Waals surface area contributed by atoms with Crippen molar-refractivity contribution in [2.75, 3.05) is 0 Å². The second-order valence-corrected chi connectivity index (χ2v) is 7.98. The Hall–Kier alpha value is -2.25. The van der Waals surface area contributed by atoms with Gasteiger partial charge in [0.25, 0.3) is 10.1 Å². The Kier molecular flexibility index (Phi) is 7.92. The van der Waals surface area contributed by atoms with Crippen LogP contribution in [0.15, 0.2) is 46.4 Å². The summed E-state index contributed by atoms with van der Waals surface area (Å²) in [5.74, 6) is 0.582. The molecular weight excluding hydrogens is 352 g/mol. The van der Waals surface area contributed by atoms with Crippen LogP contribution in [0.1, 0.15) is 43.3 Å². The molecule has 142 valence electrons. The number of aryl methyl sites for hydroxylation is 2. The van der Waals surface area contributed by atoms with Crippen molar-refractivity contribution < 1.29 is 18.2 Å². The van der Waals surface area contributed by atoms with Gasteiger partial charge in [0.15, 0.2) is 0 Å². The maximum atomic E-state index is 10.5. The smallest absolute Gasteiger partial charge is 0.294 e. The zero-order chi connectivity index (χ0) is 19.9. The number of hydrogen-bond donors (Lipinski definition) is 2. The number of hydrogen-bond acceptors (Lipinski definition) is 5. The summed E-state index contributed by atoms with van der Waals surface area (Å²) in [6.07, 6.45) is 0.952. The summed E-state index contributed by atoms with van der Waals surface area (Å²) in [6, 6.07) is 9.91. The van der Waals surface area contributed by atoms with Gasteiger partial charge in [0.2, 0.25) is 0 Å². The van der Waals surface area contributed by atoms with Gasteiger partial charge in [0.05, 0.1) is 10.6 Å². The van der Waals surface area contributed by atoms with Crippen LogP contribution >= 0.6 is 0 Å². The third-order valence-electron chi connectivity index (χ3n) is 3.51. The predicted octanol–water partition coefficient (Wildman–Crippen LogP) is 4.03. The molecule has 0 radical (unpaired) electrons. The monoisotopic (exact) mass is 378 g/mol. The Morgan fingerprint density at radius 2 is 1.73 bits per heavy atom. The van der Waals surface area contributed by atoms with Crippen LogP contribution in [-0.2, 0) is 16.5 Å². The predicted molar refractivity (Wildman–Crippen MR) is 103 cm³/mol. The summed E-state index contributed by atoms with van der Waals surface area (Å²) < 4.78 is 29.6. The Morgan fingerprint density at radius 3 is 2.19 bits per heavy atom. The first-order valence-corrected chi connectivity index (χ1v) is 9.67. The molecule has 1 heterocycles. The highest BCUT2D eigenvalue weighted by molar-refractivity contribution is 7.85. The van der Waals surface area contributed by atoms with Crippen LogP contribution in [0.5, 0.6) is 0 Å². The summed E-state index contributed by atoms with van der Waals surface area (Å²) in [4.78, 5) is 4.39. The van der Waals surface area contributed by atoms with Crippen LogP contribution < -0.4 is 0 Å². The van der Waals surface area contributed by atoms with E-state index < -0.39 is 10.1 Å². The molecule has 0 amide bonds. The molecule has 1 aromatic heterocycles. The van der Waals surface area contributed by atoms with E-state index in [-0.39, 0.29) is 4.90 Å². The Labute approximate surface area is 155 Å². The molecule has 6 nitrogen and oxygen atoms in total. The second-order valence-electron chi connectivity index (χ2n) is 6.56. The number of rotatable bonds is 4. The topological polar surface area (TPSA) is 99.9 Å². The molecule has 0 unspecified atom stereocenters. The van der Waals surface area contributed by atoms with E-state index in [4.69, 9.17) is 9.76 Å².